The molecule has 0 saturated carbocycles. The van der Waals surface area contributed by atoms with Crippen LogP contribution in [0.3, 0.4) is 0 Å². The van der Waals surface area contributed by atoms with Crippen molar-refractivity contribution in [1.29, 1.82) is 0 Å². The van der Waals surface area contributed by atoms with Crippen molar-refractivity contribution in [2.45, 2.75) is 46.5 Å². The number of aryl methyl sites for hydroxylation is 1. The van der Waals surface area contributed by atoms with Crippen molar-refractivity contribution in [2.24, 2.45) is 0 Å². The Morgan fingerprint density at radius 1 is 1.05 bits per heavy atom. The highest BCUT2D eigenvalue weighted by Crippen LogP contribution is 2.32. The van der Waals surface area contributed by atoms with Gasteiger partial charge in [-0.2, -0.15) is 0 Å². The summed E-state index contributed by atoms with van der Waals surface area (Å²) in [6, 6.07) is 5.32. The third-order valence-electron chi connectivity index (χ3n) is 2.61. The van der Waals surface area contributed by atoms with Crippen molar-refractivity contribution >= 4 is 11.9 Å². The van der Waals surface area contributed by atoms with Crippen molar-refractivity contribution < 1.29 is 19.1 Å². The Morgan fingerprint density at radius 3 is 2.32 bits per heavy atom. The van der Waals surface area contributed by atoms with Gasteiger partial charge in [-0.1, -0.05) is 31.9 Å². The summed E-state index contributed by atoms with van der Waals surface area (Å²) in [5, 5.41) is 0. The molecule has 4 nitrogen and oxygen atoms in total. The van der Waals surface area contributed by atoms with Gasteiger partial charge in [-0.15, -0.1) is 0 Å². The number of hydrogen-bond acceptors (Lipinski definition) is 4. The molecule has 0 bridgehead atoms. The standard InChI is InChI=1S/C15H20O4/c1-4-5-6-8-13-9-7-10-14(18-11(2)16)15(13)19-12(3)17/h7,9-10H,4-6,8H2,1-3H3. The molecule has 0 unspecified atom stereocenters. The molecule has 0 aliphatic carbocycles. The van der Waals surface area contributed by atoms with Gasteiger partial charge in [-0.05, 0) is 24.5 Å². The Morgan fingerprint density at radius 2 is 1.74 bits per heavy atom. The van der Waals surface area contributed by atoms with Gasteiger partial charge in [0.2, 0.25) is 0 Å². The Kier molecular flexibility index (Phi) is 6.06. The number of hydrogen-bond donors (Lipinski definition) is 0. The first-order chi connectivity index (χ1) is 9.04. The number of rotatable bonds is 6. The lowest BCUT2D eigenvalue weighted by atomic mass is 10.1. The molecule has 19 heavy (non-hydrogen) atoms. The summed E-state index contributed by atoms with van der Waals surface area (Å²) in [5.74, 6) is -0.187. The molecule has 0 fully saturated rings. The smallest absolute Gasteiger partial charge is 0.308 e. The summed E-state index contributed by atoms with van der Waals surface area (Å²) >= 11 is 0. The zero-order chi connectivity index (χ0) is 14.3. The average molecular weight is 264 g/mol. The molecule has 0 N–H and O–H groups in total. The summed E-state index contributed by atoms with van der Waals surface area (Å²) in [6.07, 6.45) is 4.03. The van der Waals surface area contributed by atoms with Crippen LogP contribution in [0.4, 0.5) is 0 Å². The second-order valence-electron chi connectivity index (χ2n) is 4.39. The second kappa shape index (κ2) is 7.56. The van der Waals surface area contributed by atoms with E-state index in [0.29, 0.717) is 11.5 Å². The van der Waals surface area contributed by atoms with Crippen molar-refractivity contribution in [3.05, 3.63) is 23.8 Å². The molecular formula is C15H20O4. The summed E-state index contributed by atoms with van der Waals surface area (Å²) in [6.45, 7) is 4.78. The van der Waals surface area contributed by atoms with E-state index >= 15 is 0 Å². The molecule has 104 valence electrons. The van der Waals surface area contributed by atoms with Crippen LogP contribution in [0.2, 0.25) is 0 Å². The van der Waals surface area contributed by atoms with Gasteiger partial charge in [0.15, 0.2) is 11.5 Å². The maximum atomic E-state index is 11.2. The maximum Gasteiger partial charge on any atom is 0.308 e. The van der Waals surface area contributed by atoms with Crippen molar-refractivity contribution in [3.8, 4) is 11.5 Å². The molecular weight excluding hydrogens is 244 g/mol. The number of ether oxygens (including phenoxy) is 2. The lowest BCUT2D eigenvalue weighted by Gasteiger charge is -2.13. The Bertz CT molecular complexity index is 451. The minimum Gasteiger partial charge on any atom is -0.423 e. The molecule has 0 aliphatic heterocycles. The van der Waals surface area contributed by atoms with Gasteiger partial charge < -0.3 is 9.47 Å². The van der Waals surface area contributed by atoms with E-state index in [1.54, 1.807) is 12.1 Å². The number of para-hydroxylation sites is 1. The first kappa shape index (κ1) is 15.2. The largest absolute Gasteiger partial charge is 0.423 e. The van der Waals surface area contributed by atoms with E-state index in [-0.39, 0.29) is 0 Å². The Hall–Kier alpha value is -1.84. The van der Waals surface area contributed by atoms with E-state index < -0.39 is 11.9 Å². The average Bonchev–Trinajstić information content (AvgIpc) is 2.32. The first-order valence-electron chi connectivity index (χ1n) is 6.53. The maximum absolute atomic E-state index is 11.2. The molecule has 0 heterocycles. The summed E-state index contributed by atoms with van der Waals surface area (Å²) in [5.41, 5.74) is 0.891. The molecule has 0 aromatic heterocycles. The van der Waals surface area contributed by atoms with Crippen molar-refractivity contribution in [2.75, 3.05) is 0 Å². The van der Waals surface area contributed by atoms with E-state index in [9.17, 15) is 9.59 Å². The van der Waals surface area contributed by atoms with Gasteiger partial charge in [0.1, 0.15) is 0 Å². The molecule has 0 spiro atoms. The third kappa shape index (κ3) is 5.12. The van der Waals surface area contributed by atoms with E-state index in [4.69, 9.17) is 9.47 Å². The zero-order valence-electron chi connectivity index (χ0n) is 11.7. The van der Waals surface area contributed by atoms with Gasteiger partial charge >= 0.3 is 11.9 Å². The van der Waals surface area contributed by atoms with Gasteiger partial charge in [0.05, 0.1) is 0 Å². The van der Waals surface area contributed by atoms with Crippen LogP contribution in [0.15, 0.2) is 18.2 Å². The Labute approximate surface area is 113 Å². The number of benzene rings is 1. The zero-order valence-corrected chi connectivity index (χ0v) is 11.7. The highest BCUT2D eigenvalue weighted by molar-refractivity contribution is 5.74. The number of esters is 2. The second-order valence-corrected chi connectivity index (χ2v) is 4.39. The SMILES string of the molecule is CCCCCc1cccc(OC(C)=O)c1OC(C)=O. The molecule has 0 amide bonds. The van der Waals surface area contributed by atoms with Crippen LogP contribution in [0.5, 0.6) is 11.5 Å². The normalized spacial score (nSPS) is 10.1. The Balaban J connectivity index is 2.99. The molecule has 1 aromatic carbocycles. The van der Waals surface area contributed by atoms with E-state index in [1.165, 1.54) is 13.8 Å². The monoisotopic (exact) mass is 264 g/mol. The molecule has 4 heteroatoms. The van der Waals surface area contributed by atoms with Gasteiger partial charge in [-0.3, -0.25) is 9.59 Å². The van der Waals surface area contributed by atoms with Crippen LogP contribution in [0, 0.1) is 0 Å². The fraction of sp³-hybridized carbons (Fsp3) is 0.467. The van der Waals surface area contributed by atoms with Gasteiger partial charge in [0, 0.05) is 13.8 Å². The molecule has 0 radical (unpaired) electrons. The lowest BCUT2D eigenvalue weighted by molar-refractivity contribution is -0.134. The first-order valence-corrected chi connectivity index (χ1v) is 6.53. The molecule has 0 atom stereocenters. The van der Waals surface area contributed by atoms with Crippen LogP contribution in [0.1, 0.15) is 45.6 Å². The van der Waals surface area contributed by atoms with Crippen LogP contribution >= 0.6 is 0 Å². The highest BCUT2D eigenvalue weighted by Gasteiger charge is 2.14. The summed E-state index contributed by atoms with van der Waals surface area (Å²) in [4.78, 5) is 22.2. The fourth-order valence-electron chi connectivity index (χ4n) is 1.82. The molecule has 1 rings (SSSR count). The minimum absolute atomic E-state index is 0.302. The summed E-state index contributed by atoms with van der Waals surface area (Å²) in [7, 11) is 0. The molecule has 0 saturated heterocycles. The lowest BCUT2D eigenvalue weighted by Crippen LogP contribution is -2.09. The van der Waals surface area contributed by atoms with E-state index in [2.05, 4.69) is 6.92 Å². The van der Waals surface area contributed by atoms with Crippen molar-refractivity contribution in [1.82, 2.24) is 0 Å². The van der Waals surface area contributed by atoms with E-state index in [1.807, 2.05) is 6.07 Å². The highest BCUT2D eigenvalue weighted by atomic mass is 16.6. The number of carbonyl (C=O) groups excluding carboxylic acids is 2. The predicted octanol–water partition coefficient (Wildman–Crippen LogP) is 3.27. The minimum atomic E-state index is -0.431. The predicted molar refractivity (Wildman–Crippen MR) is 72.3 cm³/mol. The molecule has 0 aliphatic rings. The van der Waals surface area contributed by atoms with Gasteiger partial charge in [0.25, 0.3) is 0 Å². The topological polar surface area (TPSA) is 52.6 Å². The number of carbonyl (C=O) groups is 2. The van der Waals surface area contributed by atoms with Crippen LogP contribution in [-0.4, -0.2) is 11.9 Å². The third-order valence-corrected chi connectivity index (χ3v) is 2.61. The van der Waals surface area contributed by atoms with Crippen LogP contribution in [0.25, 0.3) is 0 Å². The fourth-order valence-corrected chi connectivity index (χ4v) is 1.82. The molecule has 1 aromatic rings. The van der Waals surface area contributed by atoms with Crippen molar-refractivity contribution in [3.63, 3.8) is 0 Å². The van der Waals surface area contributed by atoms with Gasteiger partial charge in [-0.25, -0.2) is 0 Å². The number of unbranched alkanes of at least 4 members (excludes halogenated alkanes) is 2. The quantitative estimate of drug-likeness (QED) is 0.449. The van der Waals surface area contributed by atoms with Crippen LogP contribution < -0.4 is 9.47 Å². The summed E-state index contributed by atoms with van der Waals surface area (Å²) < 4.78 is 10.3. The van der Waals surface area contributed by atoms with E-state index in [0.717, 1.165) is 31.2 Å². The van der Waals surface area contributed by atoms with Crippen LogP contribution in [-0.2, 0) is 16.0 Å².